The summed E-state index contributed by atoms with van der Waals surface area (Å²) in [7, 11) is -8.08. The highest BCUT2D eigenvalue weighted by molar-refractivity contribution is 7.92. The van der Waals surface area contributed by atoms with Crippen LogP contribution in [-0.2, 0) is 69.1 Å². The second-order valence-corrected chi connectivity index (χ2v) is 22.0. The molecule has 358 valence electrons. The zero-order chi connectivity index (χ0) is 49.1. The Kier molecular flexibility index (Phi) is 11.6. The molecule has 2 N–H and O–H groups in total. The molecule has 3 atom stereocenters. The van der Waals surface area contributed by atoms with Crippen LogP contribution in [0.15, 0.2) is 30.3 Å². The first-order valence-electron chi connectivity index (χ1n) is 20.2. The van der Waals surface area contributed by atoms with Crippen LogP contribution in [0.4, 0.5) is 49.7 Å². The Balaban J connectivity index is 1.39. The molecule has 1 fully saturated rings. The molecule has 2 unspecified atom stereocenters. The van der Waals surface area contributed by atoms with Gasteiger partial charge in [0, 0.05) is 34.9 Å². The van der Waals surface area contributed by atoms with E-state index in [-0.39, 0.29) is 62.4 Å². The predicted molar refractivity (Wildman–Crippen MR) is 223 cm³/mol. The summed E-state index contributed by atoms with van der Waals surface area (Å²) in [6.45, 7) is -0.435. The quantitative estimate of drug-likeness (QED) is 0.0992. The maximum Gasteiger partial charge on any atom is 0.435 e. The van der Waals surface area contributed by atoms with Crippen molar-refractivity contribution < 1.29 is 65.5 Å². The SMILES string of the molecule is CC(C)(C#Cc1nc(C(Cc2cc(F)cc(F)c2)NC(=O)Cn2nc(C(F)(F)F)c3c2C(F)(F)[C@@H]2CC32)c(-c2ccc(Cl)c3c(NS(C)(=O)=O)nn(CC(F)(F)F)c23)c2c1CCC2)S(C)(=O)=O. The number of nitrogens with one attached hydrogen (secondary N) is 2. The van der Waals surface area contributed by atoms with Crippen molar-refractivity contribution in [1.29, 1.82) is 0 Å². The van der Waals surface area contributed by atoms with Gasteiger partial charge in [-0.1, -0.05) is 23.6 Å². The fraction of sp³-hybridized carbons (Fsp3) is 0.429. The van der Waals surface area contributed by atoms with Gasteiger partial charge >= 0.3 is 12.4 Å². The maximum absolute atomic E-state index is 15.6. The molecule has 2 aromatic carbocycles. The third-order valence-electron chi connectivity index (χ3n) is 11.9. The lowest BCUT2D eigenvalue weighted by molar-refractivity contribution is -0.142. The molecule has 3 aliphatic carbocycles. The lowest BCUT2D eigenvalue weighted by Gasteiger charge is -2.25. The average molecular weight is 1010 g/mol. The Morgan fingerprint density at radius 2 is 1.63 bits per heavy atom. The molecule has 0 radical (unpaired) electrons. The van der Waals surface area contributed by atoms with Crippen molar-refractivity contribution in [3.8, 4) is 23.0 Å². The van der Waals surface area contributed by atoms with Crippen molar-refractivity contribution in [2.75, 3.05) is 17.2 Å². The number of anilines is 1. The molecule has 0 saturated heterocycles. The number of rotatable bonds is 11. The molecular weight excluding hydrogens is 972 g/mol. The van der Waals surface area contributed by atoms with Crippen molar-refractivity contribution in [1.82, 2.24) is 29.9 Å². The first kappa shape index (κ1) is 48.1. The number of hydrogen-bond donors (Lipinski definition) is 2. The predicted octanol–water partition coefficient (Wildman–Crippen LogP) is 8.15. The van der Waals surface area contributed by atoms with Gasteiger partial charge in [-0.25, -0.2) is 30.6 Å². The first-order chi connectivity index (χ1) is 30.8. The molecule has 0 aliphatic heterocycles. The molecule has 0 spiro atoms. The zero-order valence-corrected chi connectivity index (χ0v) is 37.7. The summed E-state index contributed by atoms with van der Waals surface area (Å²) < 4.78 is 198. The summed E-state index contributed by atoms with van der Waals surface area (Å²) in [6.07, 6.45) is -8.68. The number of alkyl halides is 8. The number of halogens is 11. The number of benzene rings is 2. The van der Waals surface area contributed by atoms with Crippen molar-refractivity contribution in [2.45, 2.75) is 94.0 Å². The van der Waals surface area contributed by atoms with E-state index in [0.29, 0.717) is 34.6 Å². The van der Waals surface area contributed by atoms with Crippen molar-refractivity contribution in [3.05, 3.63) is 92.0 Å². The molecule has 12 nitrogen and oxygen atoms in total. The number of fused-ring (bicyclic) bond motifs is 5. The highest BCUT2D eigenvalue weighted by Gasteiger charge is 2.68. The van der Waals surface area contributed by atoms with Gasteiger partial charge in [-0.2, -0.15) is 45.3 Å². The minimum atomic E-state index is -5.19. The maximum atomic E-state index is 15.6. The number of carbonyl (C=O) groups excluding carboxylic acids is 1. The van der Waals surface area contributed by atoms with Gasteiger partial charge in [0.05, 0.1) is 33.9 Å². The summed E-state index contributed by atoms with van der Waals surface area (Å²) in [5.41, 5.74) is -3.87. The lowest BCUT2D eigenvalue weighted by Crippen LogP contribution is -2.35. The summed E-state index contributed by atoms with van der Waals surface area (Å²) in [6, 6.07) is 3.07. The van der Waals surface area contributed by atoms with Crippen LogP contribution in [0.1, 0.15) is 83.7 Å². The van der Waals surface area contributed by atoms with Crippen LogP contribution in [0.3, 0.4) is 0 Å². The van der Waals surface area contributed by atoms with Gasteiger partial charge in [-0.15, -0.1) is 0 Å². The van der Waals surface area contributed by atoms with E-state index in [4.69, 9.17) is 16.6 Å². The third-order valence-corrected chi connectivity index (χ3v) is 14.8. The lowest BCUT2D eigenvalue weighted by atomic mass is 9.88. The Hall–Kier alpha value is -5.41. The van der Waals surface area contributed by atoms with Crippen LogP contribution < -0.4 is 10.0 Å². The van der Waals surface area contributed by atoms with Crippen LogP contribution in [0, 0.1) is 29.4 Å². The van der Waals surface area contributed by atoms with Crippen molar-refractivity contribution >= 4 is 54.1 Å². The first-order valence-corrected chi connectivity index (χ1v) is 24.3. The Bertz CT molecular complexity index is 3190. The average Bonchev–Trinajstić information content (AvgIpc) is 3.38. The molecular formula is C42H36ClF10N7O5S2. The minimum absolute atomic E-state index is 0.0375. The number of carbonyl (C=O) groups is 1. The molecule has 5 aromatic rings. The number of amides is 1. The third kappa shape index (κ3) is 9.17. The number of hydrogen-bond acceptors (Lipinski definition) is 8. The normalized spacial score (nSPS) is 18.3. The molecule has 3 heterocycles. The van der Waals surface area contributed by atoms with Gasteiger partial charge in [0.25, 0.3) is 5.92 Å². The van der Waals surface area contributed by atoms with E-state index in [2.05, 4.69) is 32.1 Å². The van der Waals surface area contributed by atoms with E-state index in [9.17, 15) is 56.8 Å². The number of sulfone groups is 1. The van der Waals surface area contributed by atoms with Crippen LogP contribution in [-0.4, -0.2) is 70.7 Å². The van der Waals surface area contributed by atoms with E-state index < -0.39 is 126 Å². The molecule has 25 heteroatoms. The van der Waals surface area contributed by atoms with Crippen LogP contribution in [0.2, 0.25) is 5.02 Å². The Morgan fingerprint density at radius 1 is 0.970 bits per heavy atom. The van der Waals surface area contributed by atoms with Gasteiger partial charge in [-0.3, -0.25) is 18.9 Å². The topological polar surface area (TPSA) is 158 Å². The standard InChI is InChI=1S/C42H36ClF10N7O5S2/c1-39(2,66(3,62)63)11-10-28-22-6-5-7-23(22)31(24-8-9-27(43)33-35(24)60(18-40(46,47)48)57-38(33)58-67(4,64)65)34(55-28)29(14-19-12-20(44)15-21(45)13-19)54-30(61)17-59-37-32(36(56-59)42(51,52)53)25-16-26(25)41(37,49)50/h8-9,12-13,15,25-26,29H,5-7,14,16-18H2,1-4H3,(H,54,61)(H,57,58)/t25?,26-,29?/m1/s1. The van der Waals surface area contributed by atoms with E-state index in [0.717, 1.165) is 18.4 Å². The van der Waals surface area contributed by atoms with Gasteiger partial charge in [0.1, 0.15) is 40.9 Å². The van der Waals surface area contributed by atoms with Gasteiger partial charge in [0.15, 0.2) is 21.3 Å². The number of nitrogens with zero attached hydrogens (tertiary/aromatic N) is 5. The minimum Gasteiger partial charge on any atom is -0.346 e. The van der Waals surface area contributed by atoms with Gasteiger partial charge in [0.2, 0.25) is 15.9 Å². The molecule has 1 amide bonds. The monoisotopic (exact) mass is 1010 g/mol. The molecule has 67 heavy (non-hydrogen) atoms. The number of pyridine rings is 1. The van der Waals surface area contributed by atoms with Gasteiger partial charge < -0.3 is 5.32 Å². The van der Waals surface area contributed by atoms with Crippen LogP contribution >= 0.6 is 11.6 Å². The van der Waals surface area contributed by atoms with E-state index >= 15 is 8.78 Å². The Morgan fingerprint density at radius 3 is 2.24 bits per heavy atom. The summed E-state index contributed by atoms with van der Waals surface area (Å²) in [5.74, 6) is -5.01. The van der Waals surface area contributed by atoms with E-state index in [1.807, 2.05) is 0 Å². The number of sulfonamides is 1. The molecule has 3 aliphatic rings. The van der Waals surface area contributed by atoms with E-state index in [1.54, 1.807) is 0 Å². The summed E-state index contributed by atoms with van der Waals surface area (Å²) >= 11 is 6.57. The van der Waals surface area contributed by atoms with Gasteiger partial charge in [-0.05, 0) is 92.7 Å². The van der Waals surface area contributed by atoms with E-state index in [1.165, 1.54) is 26.0 Å². The fourth-order valence-electron chi connectivity index (χ4n) is 8.80. The fourth-order valence-corrected chi connectivity index (χ4v) is 9.77. The molecule has 3 aromatic heterocycles. The number of aromatic nitrogens is 5. The van der Waals surface area contributed by atoms with Crippen LogP contribution in [0.5, 0.6) is 0 Å². The Labute approximate surface area is 380 Å². The smallest absolute Gasteiger partial charge is 0.346 e. The van der Waals surface area contributed by atoms with Crippen LogP contribution in [0.25, 0.3) is 22.0 Å². The van der Waals surface area contributed by atoms with Crippen molar-refractivity contribution in [3.63, 3.8) is 0 Å². The highest BCUT2D eigenvalue weighted by atomic mass is 35.5. The summed E-state index contributed by atoms with van der Waals surface area (Å²) in [5, 5.41) is 9.30. The van der Waals surface area contributed by atoms with Crippen molar-refractivity contribution in [2.24, 2.45) is 5.92 Å². The second kappa shape index (κ2) is 16.1. The highest BCUT2D eigenvalue weighted by Crippen LogP contribution is 2.68. The molecule has 0 bridgehead atoms. The summed E-state index contributed by atoms with van der Waals surface area (Å²) in [4.78, 5) is 19.0. The molecule has 8 rings (SSSR count). The largest absolute Gasteiger partial charge is 0.435 e. The zero-order valence-electron chi connectivity index (χ0n) is 35.3. The molecule has 1 saturated carbocycles. The second-order valence-electron chi connectivity index (χ2n) is 17.3.